The van der Waals surface area contributed by atoms with Crippen molar-refractivity contribution in [3.05, 3.63) is 38.9 Å². The summed E-state index contributed by atoms with van der Waals surface area (Å²) < 4.78 is 1.70. The monoisotopic (exact) mass is 616 g/mol. The van der Waals surface area contributed by atoms with Gasteiger partial charge in [0, 0.05) is 24.4 Å². The van der Waals surface area contributed by atoms with Gasteiger partial charge in [0.2, 0.25) is 0 Å². The van der Waals surface area contributed by atoms with Crippen LogP contribution in [0.4, 0.5) is 0 Å². The van der Waals surface area contributed by atoms with Crippen molar-refractivity contribution in [3.63, 3.8) is 0 Å². The molecule has 0 aliphatic carbocycles. The maximum absolute atomic E-state index is 2.69. The zero-order valence-electron chi connectivity index (χ0n) is 27.0. The highest BCUT2D eigenvalue weighted by Crippen LogP contribution is 2.80. The van der Waals surface area contributed by atoms with Gasteiger partial charge in [0.25, 0.3) is 0 Å². The topological polar surface area (TPSA) is 0 Å². The Bertz CT molecular complexity index is 1160. The highest BCUT2D eigenvalue weighted by Gasteiger charge is 2.46. The summed E-state index contributed by atoms with van der Waals surface area (Å²) in [6.45, 7) is 21.5. The van der Waals surface area contributed by atoms with E-state index in [2.05, 4.69) is 121 Å². The van der Waals surface area contributed by atoms with Crippen molar-refractivity contribution >= 4 is 44.0 Å². The number of hydrogen-bond acceptors (Lipinski definition) is 3. The molecule has 1 aliphatic rings. The van der Waals surface area contributed by atoms with Crippen molar-refractivity contribution in [2.24, 2.45) is 5.92 Å². The molecular formula is C36H56S4. The lowest BCUT2D eigenvalue weighted by Crippen LogP contribution is -2.15. The molecule has 0 bridgehead atoms. The SMILES string of the molecule is CCCCCCC(CCCC)CS1(c2ccc(CCCC)s2)c2cc(C(C)(C)C)sc2-c2sc(C(C)(C)C)cc21. The molecule has 3 aromatic heterocycles. The Morgan fingerprint density at radius 3 is 1.73 bits per heavy atom. The molecule has 224 valence electrons. The first-order valence-electron chi connectivity index (χ1n) is 16.1. The second kappa shape index (κ2) is 13.4. The molecule has 40 heavy (non-hydrogen) atoms. The molecule has 1 atom stereocenters. The van der Waals surface area contributed by atoms with Gasteiger partial charge in [-0.1, -0.05) is 107 Å². The lowest BCUT2D eigenvalue weighted by atomic mass is 9.95. The van der Waals surface area contributed by atoms with E-state index in [1.54, 1.807) is 38.4 Å². The minimum absolute atomic E-state index is 0.188. The molecule has 4 heterocycles. The summed E-state index contributed by atoms with van der Waals surface area (Å²) in [7, 11) is -1.27. The molecule has 1 aliphatic heterocycles. The van der Waals surface area contributed by atoms with E-state index >= 15 is 0 Å². The van der Waals surface area contributed by atoms with Gasteiger partial charge < -0.3 is 0 Å². The summed E-state index contributed by atoms with van der Waals surface area (Å²) >= 11 is 6.41. The zero-order chi connectivity index (χ0) is 29.1. The fourth-order valence-electron chi connectivity index (χ4n) is 5.97. The molecule has 0 saturated heterocycles. The van der Waals surface area contributed by atoms with Crippen LogP contribution in [0.1, 0.15) is 141 Å². The molecular weight excluding hydrogens is 561 g/mol. The van der Waals surface area contributed by atoms with E-state index in [-0.39, 0.29) is 10.8 Å². The van der Waals surface area contributed by atoms with Crippen molar-refractivity contribution in [2.45, 2.75) is 158 Å². The highest BCUT2D eigenvalue weighted by atomic mass is 32.3. The van der Waals surface area contributed by atoms with E-state index in [0.717, 1.165) is 5.92 Å². The molecule has 4 rings (SSSR count). The molecule has 0 saturated carbocycles. The first-order chi connectivity index (χ1) is 19.0. The van der Waals surface area contributed by atoms with E-state index < -0.39 is 10.0 Å². The van der Waals surface area contributed by atoms with Gasteiger partial charge in [0.15, 0.2) is 0 Å². The third-order valence-electron chi connectivity index (χ3n) is 8.51. The van der Waals surface area contributed by atoms with Gasteiger partial charge in [-0.05, 0) is 72.4 Å². The van der Waals surface area contributed by atoms with Gasteiger partial charge in [-0.2, -0.15) is 0 Å². The summed E-state index contributed by atoms with van der Waals surface area (Å²) in [4.78, 5) is 11.4. The third-order valence-corrected chi connectivity index (χ3v) is 18.0. The van der Waals surface area contributed by atoms with Crippen molar-refractivity contribution in [1.29, 1.82) is 0 Å². The van der Waals surface area contributed by atoms with E-state index in [9.17, 15) is 0 Å². The van der Waals surface area contributed by atoms with Gasteiger partial charge in [-0.15, -0.1) is 44.0 Å². The molecule has 0 radical (unpaired) electrons. The van der Waals surface area contributed by atoms with E-state index in [4.69, 9.17) is 0 Å². The van der Waals surface area contributed by atoms with Crippen molar-refractivity contribution in [1.82, 2.24) is 0 Å². The Morgan fingerprint density at radius 2 is 1.20 bits per heavy atom. The summed E-state index contributed by atoms with van der Waals surface area (Å²) in [5, 5.41) is 0. The second-order valence-electron chi connectivity index (χ2n) is 14.2. The first-order valence-corrected chi connectivity index (χ1v) is 20.4. The fraction of sp³-hybridized carbons (Fsp3) is 0.667. The zero-order valence-corrected chi connectivity index (χ0v) is 30.3. The summed E-state index contributed by atoms with van der Waals surface area (Å²) in [5.74, 6) is 2.16. The van der Waals surface area contributed by atoms with Crippen LogP contribution in [0.3, 0.4) is 0 Å². The summed E-state index contributed by atoms with van der Waals surface area (Å²) in [6, 6.07) is 10.5. The molecule has 0 aromatic carbocycles. The van der Waals surface area contributed by atoms with Crippen LogP contribution in [0.15, 0.2) is 38.3 Å². The molecule has 0 amide bonds. The van der Waals surface area contributed by atoms with Gasteiger partial charge >= 0.3 is 0 Å². The van der Waals surface area contributed by atoms with Crippen LogP contribution < -0.4 is 0 Å². The smallest absolute Gasteiger partial charge is 0.0584 e. The van der Waals surface area contributed by atoms with Crippen LogP contribution in [-0.4, -0.2) is 5.75 Å². The van der Waals surface area contributed by atoms with Gasteiger partial charge in [0.05, 0.1) is 14.0 Å². The maximum Gasteiger partial charge on any atom is 0.0584 e. The molecule has 0 nitrogen and oxygen atoms in total. The Morgan fingerprint density at radius 1 is 0.650 bits per heavy atom. The van der Waals surface area contributed by atoms with E-state index in [0.29, 0.717) is 0 Å². The van der Waals surface area contributed by atoms with Crippen LogP contribution >= 0.6 is 44.0 Å². The normalized spacial score (nSPS) is 16.2. The van der Waals surface area contributed by atoms with Crippen LogP contribution in [-0.2, 0) is 17.3 Å². The first kappa shape index (κ1) is 32.4. The number of aryl methyl sites for hydroxylation is 1. The Hall–Kier alpha value is -0.550. The quantitative estimate of drug-likeness (QED) is 0.158. The maximum atomic E-state index is 2.69. The van der Waals surface area contributed by atoms with Gasteiger partial charge in [-0.25, -0.2) is 0 Å². The largest absolute Gasteiger partial charge is 0.148 e. The van der Waals surface area contributed by atoms with Crippen LogP contribution in [0.2, 0.25) is 0 Å². The Balaban J connectivity index is 1.91. The minimum atomic E-state index is -1.27. The number of rotatable bonds is 14. The van der Waals surface area contributed by atoms with Crippen molar-refractivity contribution < 1.29 is 0 Å². The molecule has 3 aromatic rings. The summed E-state index contributed by atoms with van der Waals surface area (Å²) in [5.41, 5.74) is 0.377. The standard InChI is InChI=1S/C36H56S4/c1-10-13-16-17-19-26(18-14-11-2)25-40(32-22-21-27(37-32)20-15-12-3)28-23-30(35(4,5)6)38-33(28)34-29(40)24-31(39-34)36(7,8)9/h21-24,26H,10-20,25H2,1-9H3. The van der Waals surface area contributed by atoms with Gasteiger partial charge in [0.1, 0.15) is 0 Å². The van der Waals surface area contributed by atoms with Crippen LogP contribution in [0.25, 0.3) is 9.75 Å². The highest BCUT2D eigenvalue weighted by molar-refractivity contribution is 8.35. The average Bonchev–Trinajstić information content (AvgIpc) is 3.66. The molecule has 1 unspecified atom stereocenters. The third kappa shape index (κ3) is 6.81. The minimum Gasteiger partial charge on any atom is -0.148 e. The van der Waals surface area contributed by atoms with Crippen LogP contribution in [0, 0.1) is 5.92 Å². The van der Waals surface area contributed by atoms with Gasteiger partial charge in [-0.3, -0.25) is 0 Å². The predicted octanol–water partition coefficient (Wildman–Crippen LogP) is 13.8. The van der Waals surface area contributed by atoms with Crippen LogP contribution in [0.5, 0.6) is 0 Å². The predicted molar refractivity (Wildman–Crippen MR) is 187 cm³/mol. The molecule has 0 spiro atoms. The number of fused-ring (bicyclic) bond motifs is 3. The Kier molecular flexibility index (Phi) is 10.8. The second-order valence-corrected chi connectivity index (χ2v) is 20.9. The molecule has 0 N–H and O–H groups in total. The lowest BCUT2D eigenvalue weighted by Gasteiger charge is -2.40. The fourth-order valence-corrected chi connectivity index (χ4v) is 16.1. The van der Waals surface area contributed by atoms with Crippen molar-refractivity contribution in [2.75, 3.05) is 5.75 Å². The molecule has 0 fully saturated rings. The van der Waals surface area contributed by atoms with E-state index in [1.165, 1.54) is 76.4 Å². The number of unbranched alkanes of at least 4 members (excludes halogenated alkanes) is 5. The van der Waals surface area contributed by atoms with Crippen molar-refractivity contribution in [3.8, 4) is 9.75 Å². The Labute approximate surface area is 260 Å². The molecule has 4 heteroatoms. The lowest BCUT2D eigenvalue weighted by molar-refractivity contribution is 0.449. The number of hydrogen-bond donors (Lipinski definition) is 0. The average molecular weight is 617 g/mol. The van der Waals surface area contributed by atoms with E-state index in [1.807, 2.05) is 0 Å². The summed E-state index contributed by atoms with van der Waals surface area (Å²) in [6.07, 6.45) is 14.8. The number of thiophene rings is 3.